The van der Waals surface area contributed by atoms with Crippen LogP contribution in [0.3, 0.4) is 0 Å². The fraction of sp³-hybridized carbons (Fsp3) is 0.526. The topological polar surface area (TPSA) is 502 Å². The van der Waals surface area contributed by atoms with Crippen molar-refractivity contribution in [3.8, 4) is 75.5 Å². The maximum atomic E-state index is 12.6. The molecule has 7 aliphatic rings. The van der Waals surface area contributed by atoms with Crippen LogP contribution in [0, 0.1) is 80.8 Å². The van der Waals surface area contributed by atoms with Crippen molar-refractivity contribution >= 4 is 86.0 Å². The Morgan fingerprint density at radius 3 is 1.08 bits per heavy atom. The maximum absolute atomic E-state index is 12.6. The number of hydrogen-bond donors (Lipinski definition) is 5. The second-order valence-electron chi connectivity index (χ2n) is 41.6. The fourth-order valence-electron chi connectivity index (χ4n) is 16.9. The van der Waals surface area contributed by atoms with Gasteiger partial charge in [0.05, 0.1) is 165 Å². The van der Waals surface area contributed by atoms with Crippen molar-refractivity contribution < 1.29 is 93.5 Å². The van der Waals surface area contributed by atoms with E-state index in [0.29, 0.717) is 132 Å². The SMILES string of the molecule is C.C.CC(C)(C)OC(=O)N1C[C@@H]2CN(c3cnc(Cl)cn3)C[C@@H]2C1.CC(C)(O)COc1cc(-c2cnc(N3C[C@H]4CN(C(=O)OC(C)(C)C)C[C@H]4C3)cn2)c2c(C#N)cnn2c1.CC(C)(O)COc1cc(-c2cnc(N3C[C@H]4CNC[C@H]4C3)cn2)c2c(C#N)cnn2c1.CC(C)(O)COc1cc(B2OC(C)(C)C(C)(C)O2)c2c(C#N)cnn2c1.CC(C)(O)COc1cc(OS(=O)(=O)C(F)(F)F)c2c(C#N)cnn2c1. The largest absolute Gasteiger partial charge is 0.534 e. The van der Waals surface area contributed by atoms with Gasteiger partial charge in [0.15, 0.2) is 5.75 Å². The van der Waals surface area contributed by atoms with E-state index in [4.69, 9.17) is 59.6 Å². The molecule has 6 atom stereocenters. The summed E-state index contributed by atoms with van der Waals surface area (Å²) in [5.74, 6) is 6.13. The number of aliphatic hydroxyl groups is 4. The standard InChI is InChI=1S/C27H33N7O4.C22H25N7O2.C18H24BN3O4.C15H21ClN4O2.C13H12F3N3O5S.2CH4/c1-26(2,3)38-25(35)33-13-18-11-32(12-19(18)14-33)23-10-29-22(9-30-23)21-6-20(37-16-27(4,5)36)15-34-24(21)17(7-28)8-31-34;1-22(2,30)13-31-17-3-18(21-14(4-23)7-27-29(21)12-17)19-8-26-20(9-25-19)28-10-15-5-24-6-16(15)11-28;1-16(2,23)11-24-13-7-14(15-12(8-20)9-21-22(15)10-13)19-25-17(3,4)18(5,6)26-19;1-15(2,3)22-14(21)20-8-10-6-19(7-11(10)9-20)13-5-17-12(16)4-18-13;1-12(2,20)7-23-9-3-10(24-25(21,22)13(14,15)16)11-8(4-17)5-18-19(11)6-9;;/h6,8-10,15,18-19,36H,11-14,16H2,1-5H3;3,7-9,12,15-16,24,30H,5-6,10-11,13H2,1-2H3;7,9-10,23H,11H2,1-6H3;4-5,10-11H,6-9H2,1-3H3;3,5-6,20H,7H2,1-2H3;2*1H4/t18-,19+;15-,16+;;10-,11+;;;. The van der Waals surface area contributed by atoms with Crippen molar-refractivity contribution in [1.82, 2.24) is 83.5 Å². The maximum Gasteiger partial charge on any atom is 0.534 e. The molecule has 0 bridgehead atoms. The minimum atomic E-state index is -5.96. The van der Waals surface area contributed by atoms with Gasteiger partial charge in [0.25, 0.3) is 0 Å². The summed E-state index contributed by atoms with van der Waals surface area (Å²) in [6, 6.07) is 14.5. The minimum absolute atomic E-state index is 0. The molecule has 11 aromatic heterocycles. The van der Waals surface area contributed by atoms with Crippen LogP contribution in [0.15, 0.2) is 111 Å². The summed E-state index contributed by atoms with van der Waals surface area (Å²) in [5.41, 5.74) is -5.81. The molecule has 7 fully saturated rings. The van der Waals surface area contributed by atoms with Crippen LogP contribution in [-0.4, -0.2) is 282 Å². The number of alkyl halides is 3. The minimum Gasteiger partial charge on any atom is -0.489 e. The lowest BCUT2D eigenvalue weighted by Gasteiger charge is -2.32. The third-order valence-corrected chi connectivity index (χ3v) is 25.4. The Kier molecular flexibility index (Phi) is 32.4. The highest BCUT2D eigenvalue weighted by molar-refractivity contribution is 7.88. The molecule has 11 aromatic rings. The van der Waals surface area contributed by atoms with Gasteiger partial charge < -0.3 is 92.2 Å². The quantitative estimate of drug-likeness (QED) is 0.0269. The molecule has 41 nitrogen and oxygen atoms in total. The van der Waals surface area contributed by atoms with E-state index in [2.05, 4.69) is 87.7 Å². The fourth-order valence-corrected chi connectivity index (χ4v) is 17.5. The molecule has 0 spiro atoms. The molecule has 0 unspecified atom stereocenters. The first kappa shape index (κ1) is 110. The van der Waals surface area contributed by atoms with Crippen molar-refractivity contribution in [2.45, 2.75) is 190 Å². The molecule has 0 radical (unpaired) electrons. The molecule has 18 heterocycles. The van der Waals surface area contributed by atoms with Crippen molar-refractivity contribution in [3.05, 3.63) is 138 Å². The first-order chi connectivity index (χ1) is 66.4. The number of amides is 2. The zero-order valence-electron chi connectivity index (χ0n) is 82.0. The molecule has 18 rings (SSSR count). The van der Waals surface area contributed by atoms with E-state index in [-0.39, 0.29) is 70.3 Å². The molecule has 770 valence electrons. The molecule has 0 saturated carbocycles. The predicted molar refractivity (Wildman–Crippen MR) is 527 cm³/mol. The summed E-state index contributed by atoms with van der Waals surface area (Å²) in [6.45, 7) is 42.5. The zero-order valence-corrected chi connectivity index (χ0v) is 83.6. The molecule has 5 N–H and O–H groups in total. The molecule has 7 saturated heterocycles. The highest BCUT2D eigenvalue weighted by Gasteiger charge is 2.54. The number of fused-ring (bicyclic) bond motifs is 7. The third-order valence-electron chi connectivity index (χ3n) is 24.3. The van der Waals surface area contributed by atoms with Gasteiger partial charge in [-0.1, -0.05) is 26.5 Å². The number of likely N-dealkylation sites (tertiary alicyclic amines) is 2. The van der Waals surface area contributed by atoms with Crippen LogP contribution in [0.5, 0.6) is 28.7 Å². The number of nitriles is 4. The average Bonchev–Trinajstić information content (AvgIpc) is 1.59. The number of aromatic nitrogens is 14. The van der Waals surface area contributed by atoms with E-state index in [1.54, 1.807) is 129 Å². The van der Waals surface area contributed by atoms with Crippen LogP contribution in [0.25, 0.3) is 44.6 Å². The molecular formula is C97H123BClF3N24O17S. The van der Waals surface area contributed by atoms with E-state index < -0.39 is 73.3 Å². The predicted octanol–water partition coefficient (Wildman–Crippen LogP) is 11.5. The Bertz CT molecular complexity index is 6690. The van der Waals surface area contributed by atoms with Gasteiger partial charge >= 0.3 is 34.9 Å². The lowest BCUT2D eigenvalue weighted by Crippen LogP contribution is -2.41. The lowest BCUT2D eigenvalue weighted by atomic mass is 9.78. The number of pyridine rings is 4. The number of ether oxygens (including phenoxy) is 6. The lowest BCUT2D eigenvalue weighted by molar-refractivity contribution is -0.0500. The van der Waals surface area contributed by atoms with Gasteiger partial charge in [-0.3, -0.25) is 9.97 Å². The molecule has 0 aliphatic carbocycles. The Morgan fingerprint density at radius 2 is 0.764 bits per heavy atom. The van der Waals surface area contributed by atoms with E-state index in [0.717, 1.165) is 99.7 Å². The second-order valence-corrected chi connectivity index (χ2v) is 43.5. The number of nitrogens with zero attached hydrogens (tertiary/aromatic N) is 23. The molecule has 7 aliphatic heterocycles. The number of anilines is 3. The summed E-state index contributed by atoms with van der Waals surface area (Å²) < 4.78 is 116. The second kappa shape index (κ2) is 42.6. The van der Waals surface area contributed by atoms with E-state index in [1.165, 1.54) is 38.6 Å². The zero-order chi connectivity index (χ0) is 103. The number of halogens is 4. The Morgan fingerprint density at radius 1 is 0.451 bits per heavy atom. The van der Waals surface area contributed by atoms with Gasteiger partial charge in [-0.05, 0) is 155 Å². The first-order valence-electron chi connectivity index (χ1n) is 45.9. The summed E-state index contributed by atoms with van der Waals surface area (Å²) in [6.07, 6.45) is 21.6. The summed E-state index contributed by atoms with van der Waals surface area (Å²) in [5, 5.41) is 97.6. The van der Waals surface area contributed by atoms with Crippen LogP contribution in [0.4, 0.5) is 40.2 Å². The van der Waals surface area contributed by atoms with Crippen LogP contribution >= 0.6 is 11.6 Å². The van der Waals surface area contributed by atoms with Crippen molar-refractivity contribution in [2.75, 3.05) is 120 Å². The van der Waals surface area contributed by atoms with Gasteiger partial charge in [-0.25, -0.2) is 47.6 Å². The molecule has 2 amide bonds. The van der Waals surface area contributed by atoms with Crippen LogP contribution in [-0.2, 0) is 28.9 Å². The third kappa shape index (κ3) is 26.5. The average molecular weight is 2030 g/mol. The highest BCUT2D eigenvalue weighted by Crippen LogP contribution is 2.42. The van der Waals surface area contributed by atoms with Crippen LogP contribution in [0.2, 0.25) is 5.15 Å². The van der Waals surface area contributed by atoms with Gasteiger partial charge in [0.1, 0.15) is 119 Å². The number of rotatable bonds is 20. The van der Waals surface area contributed by atoms with E-state index >= 15 is 0 Å². The van der Waals surface area contributed by atoms with Crippen molar-refractivity contribution in [3.63, 3.8) is 0 Å². The van der Waals surface area contributed by atoms with E-state index in [9.17, 15) is 67.4 Å². The number of carbonyl (C=O) groups is 2. The van der Waals surface area contributed by atoms with Gasteiger partial charge in [-0.15, -0.1) is 0 Å². The summed E-state index contributed by atoms with van der Waals surface area (Å²) >= 11 is 5.77. The van der Waals surface area contributed by atoms with Crippen LogP contribution < -0.4 is 48.6 Å². The van der Waals surface area contributed by atoms with Crippen LogP contribution in [0.1, 0.15) is 162 Å². The Balaban J connectivity index is 0.000000162. The van der Waals surface area contributed by atoms with E-state index in [1.807, 2.05) is 85.1 Å². The number of hydrogen-bond acceptors (Lipinski definition) is 35. The normalized spacial score (nSPS) is 19.0. The Labute approximate surface area is 838 Å². The smallest absolute Gasteiger partial charge is 0.489 e. The molecule has 144 heavy (non-hydrogen) atoms. The van der Waals surface area contributed by atoms with Crippen molar-refractivity contribution in [2.24, 2.45) is 35.5 Å². The number of nitrogens with one attached hydrogen (secondary N) is 1. The van der Waals surface area contributed by atoms with Gasteiger partial charge in [0, 0.05) is 125 Å². The highest BCUT2D eigenvalue weighted by atomic mass is 35.5. The summed E-state index contributed by atoms with van der Waals surface area (Å²) in [4.78, 5) is 62.1. The van der Waals surface area contributed by atoms with Crippen molar-refractivity contribution in [1.29, 1.82) is 21.0 Å². The first-order valence-corrected chi connectivity index (χ1v) is 47.7. The van der Waals surface area contributed by atoms with Gasteiger partial charge in [0.2, 0.25) is 0 Å². The summed E-state index contributed by atoms with van der Waals surface area (Å²) in [7, 11) is -6.62. The molecule has 47 heteroatoms. The number of carbonyl (C=O) groups excluding carboxylic acids is 2. The van der Waals surface area contributed by atoms with Gasteiger partial charge in [-0.2, -0.15) is 63.0 Å². The monoisotopic (exact) mass is 2030 g/mol. The molecule has 0 aromatic carbocycles. The molecular weight excluding hydrogens is 1910 g/mol. The Hall–Kier alpha value is -13.3.